The summed E-state index contributed by atoms with van der Waals surface area (Å²) in [6.45, 7) is 4.00. The third-order valence-corrected chi connectivity index (χ3v) is 3.18. The van der Waals surface area contributed by atoms with E-state index in [0.29, 0.717) is 0 Å². The van der Waals surface area contributed by atoms with Crippen molar-refractivity contribution >= 4 is 11.9 Å². The van der Waals surface area contributed by atoms with E-state index in [4.69, 9.17) is 0 Å². The monoisotopic (exact) mass is 216 g/mol. The second-order valence-electron chi connectivity index (χ2n) is 4.01. The topological polar surface area (TPSA) is 38.4 Å². The molecule has 0 saturated carbocycles. The molecule has 0 N–H and O–H groups in total. The molecule has 1 aliphatic heterocycles. The van der Waals surface area contributed by atoms with Gasteiger partial charge >= 0.3 is 0 Å². The standard InChI is InChI=1S/C13H16N2O/c1-3-13(4-2)14-12(10-15(13)16)11-8-6-5-7-9-11/h5-10H,3-4H2,1-2H3. The largest absolute Gasteiger partial charge is 0.622 e. The Hall–Kier alpha value is -1.64. The van der Waals surface area contributed by atoms with Gasteiger partial charge in [0.15, 0.2) is 0 Å². The molecule has 2 rings (SSSR count). The van der Waals surface area contributed by atoms with Gasteiger partial charge in [-0.25, -0.2) is 4.99 Å². The van der Waals surface area contributed by atoms with Gasteiger partial charge in [-0.15, -0.1) is 0 Å². The SMILES string of the molecule is CCC1(CC)N=C(c2ccccc2)C=[N+]1[O-]. The van der Waals surface area contributed by atoms with Gasteiger partial charge < -0.3 is 5.21 Å². The van der Waals surface area contributed by atoms with Gasteiger partial charge in [-0.2, -0.15) is 4.74 Å². The zero-order chi connectivity index (χ0) is 11.6. The molecule has 0 bridgehead atoms. The molecule has 3 nitrogen and oxygen atoms in total. The number of hydrogen-bond acceptors (Lipinski definition) is 2. The molecule has 0 radical (unpaired) electrons. The first-order chi connectivity index (χ1) is 7.72. The van der Waals surface area contributed by atoms with Crippen molar-refractivity contribution in [3.05, 3.63) is 41.1 Å². The highest BCUT2D eigenvalue weighted by Gasteiger charge is 2.39. The summed E-state index contributed by atoms with van der Waals surface area (Å²) in [5, 5.41) is 11.9. The lowest BCUT2D eigenvalue weighted by molar-refractivity contribution is -0.540. The van der Waals surface area contributed by atoms with Crippen molar-refractivity contribution in [2.75, 3.05) is 0 Å². The van der Waals surface area contributed by atoms with Gasteiger partial charge in [0.2, 0.25) is 6.21 Å². The molecule has 0 amide bonds. The van der Waals surface area contributed by atoms with Gasteiger partial charge in [0, 0.05) is 18.4 Å². The fourth-order valence-corrected chi connectivity index (χ4v) is 2.00. The van der Waals surface area contributed by atoms with Crippen molar-refractivity contribution < 1.29 is 4.74 Å². The minimum absolute atomic E-state index is 0.578. The van der Waals surface area contributed by atoms with E-state index >= 15 is 0 Å². The van der Waals surface area contributed by atoms with Crippen LogP contribution in [-0.4, -0.2) is 22.3 Å². The molecule has 0 saturated heterocycles. The Labute approximate surface area is 95.7 Å². The highest BCUT2D eigenvalue weighted by Crippen LogP contribution is 2.25. The smallest absolute Gasteiger partial charge is 0.265 e. The molecule has 1 heterocycles. The lowest BCUT2D eigenvalue weighted by atomic mass is 10.1. The molecular weight excluding hydrogens is 200 g/mol. The summed E-state index contributed by atoms with van der Waals surface area (Å²) < 4.78 is 0.995. The highest BCUT2D eigenvalue weighted by molar-refractivity contribution is 6.37. The van der Waals surface area contributed by atoms with E-state index in [-0.39, 0.29) is 0 Å². The third-order valence-electron chi connectivity index (χ3n) is 3.18. The molecular formula is C13H16N2O. The van der Waals surface area contributed by atoms with E-state index in [1.165, 1.54) is 0 Å². The fraction of sp³-hybridized carbons (Fsp3) is 0.385. The third kappa shape index (κ3) is 1.62. The van der Waals surface area contributed by atoms with Crippen LogP contribution in [0.3, 0.4) is 0 Å². The van der Waals surface area contributed by atoms with E-state index < -0.39 is 5.66 Å². The zero-order valence-electron chi connectivity index (χ0n) is 9.68. The molecule has 0 aliphatic carbocycles. The molecule has 16 heavy (non-hydrogen) atoms. The van der Waals surface area contributed by atoms with Gasteiger partial charge in [-0.3, -0.25) is 0 Å². The summed E-state index contributed by atoms with van der Waals surface area (Å²) in [6, 6.07) is 9.83. The number of hydroxylamine groups is 1. The second-order valence-corrected chi connectivity index (χ2v) is 4.01. The predicted molar refractivity (Wildman–Crippen MR) is 66.0 cm³/mol. The fourth-order valence-electron chi connectivity index (χ4n) is 2.00. The van der Waals surface area contributed by atoms with Gasteiger partial charge in [-0.05, 0) is 0 Å². The van der Waals surface area contributed by atoms with Crippen LogP contribution in [0, 0.1) is 5.21 Å². The molecule has 1 aromatic rings. The van der Waals surface area contributed by atoms with Crippen LogP contribution in [0.25, 0.3) is 0 Å². The van der Waals surface area contributed by atoms with E-state index in [1.807, 2.05) is 44.2 Å². The van der Waals surface area contributed by atoms with Crippen molar-refractivity contribution in [1.82, 2.24) is 0 Å². The summed E-state index contributed by atoms with van der Waals surface area (Å²) in [5.41, 5.74) is 1.22. The van der Waals surface area contributed by atoms with Crippen molar-refractivity contribution in [2.45, 2.75) is 32.4 Å². The lowest BCUT2D eigenvalue weighted by Crippen LogP contribution is -2.33. The molecule has 1 aromatic carbocycles. The number of nitrogens with zero attached hydrogens (tertiary/aromatic N) is 2. The molecule has 3 heteroatoms. The van der Waals surface area contributed by atoms with E-state index in [0.717, 1.165) is 28.9 Å². The second kappa shape index (κ2) is 4.08. The average Bonchev–Trinajstić information content (AvgIpc) is 2.68. The van der Waals surface area contributed by atoms with E-state index in [1.54, 1.807) is 6.21 Å². The van der Waals surface area contributed by atoms with E-state index in [9.17, 15) is 5.21 Å². The maximum absolute atomic E-state index is 11.9. The summed E-state index contributed by atoms with van der Waals surface area (Å²) in [6.07, 6.45) is 3.07. The van der Waals surface area contributed by atoms with Crippen molar-refractivity contribution in [3.63, 3.8) is 0 Å². The van der Waals surface area contributed by atoms with Crippen LogP contribution in [0.4, 0.5) is 0 Å². The van der Waals surface area contributed by atoms with Crippen molar-refractivity contribution in [2.24, 2.45) is 4.99 Å². The Morgan fingerprint density at radius 1 is 1.19 bits per heavy atom. The first kappa shape index (κ1) is 10.9. The molecule has 0 aromatic heterocycles. The Bertz CT molecular complexity index is 431. The Kier molecular flexibility index (Phi) is 2.77. The average molecular weight is 216 g/mol. The first-order valence-electron chi connectivity index (χ1n) is 5.68. The molecule has 0 spiro atoms. The Morgan fingerprint density at radius 3 is 2.31 bits per heavy atom. The number of aliphatic imine (C=N–C) groups is 1. The van der Waals surface area contributed by atoms with E-state index in [2.05, 4.69) is 4.99 Å². The van der Waals surface area contributed by atoms with Gasteiger partial charge in [0.25, 0.3) is 5.66 Å². The first-order valence-corrected chi connectivity index (χ1v) is 5.68. The van der Waals surface area contributed by atoms with Gasteiger partial charge in [0.1, 0.15) is 5.71 Å². The van der Waals surface area contributed by atoms with Crippen LogP contribution in [-0.2, 0) is 0 Å². The molecule has 1 aliphatic rings. The Balaban J connectivity index is 2.40. The number of benzene rings is 1. The quantitative estimate of drug-likeness (QED) is 0.565. The van der Waals surface area contributed by atoms with Crippen LogP contribution in [0.1, 0.15) is 32.3 Å². The normalized spacial score (nSPS) is 18.1. The molecule has 84 valence electrons. The zero-order valence-corrected chi connectivity index (χ0v) is 9.68. The van der Waals surface area contributed by atoms with Crippen LogP contribution in [0.5, 0.6) is 0 Å². The summed E-state index contributed by atoms with van der Waals surface area (Å²) in [7, 11) is 0. The van der Waals surface area contributed by atoms with Crippen LogP contribution >= 0.6 is 0 Å². The minimum atomic E-state index is -0.578. The van der Waals surface area contributed by atoms with Crippen molar-refractivity contribution in [1.29, 1.82) is 0 Å². The number of rotatable bonds is 3. The van der Waals surface area contributed by atoms with Crippen LogP contribution in [0.2, 0.25) is 0 Å². The lowest BCUT2D eigenvalue weighted by Gasteiger charge is -2.21. The molecule has 0 fully saturated rings. The Morgan fingerprint density at radius 2 is 1.81 bits per heavy atom. The maximum Gasteiger partial charge on any atom is 0.265 e. The van der Waals surface area contributed by atoms with Crippen LogP contribution < -0.4 is 0 Å². The van der Waals surface area contributed by atoms with Gasteiger partial charge in [-0.1, -0.05) is 44.2 Å². The molecule has 0 unspecified atom stereocenters. The maximum atomic E-state index is 11.9. The highest BCUT2D eigenvalue weighted by atomic mass is 16.5. The number of hydrogen-bond donors (Lipinski definition) is 0. The molecule has 0 atom stereocenters. The summed E-state index contributed by atoms with van der Waals surface area (Å²) in [4.78, 5) is 4.58. The van der Waals surface area contributed by atoms with Crippen LogP contribution in [0.15, 0.2) is 35.3 Å². The summed E-state index contributed by atoms with van der Waals surface area (Å²) in [5.74, 6) is 0. The van der Waals surface area contributed by atoms with Crippen molar-refractivity contribution in [3.8, 4) is 0 Å². The predicted octanol–water partition coefficient (Wildman–Crippen LogP) is 2.59. The minimum Gasteiger partial charge on any atom is -0.622 e. The summed E-state index contributed by atoms with van der Waals surface area (Å²) >= 11 is 0. The van der Waals surface area contributed by atoms with Gasteiger partial charge in [0.05, 0.1) is 0 Å².